The minimum atomic E-state index is -0.584. The summed E-state index contributed by atoms with van der Waals surface area (Å²) in [6, 6.07) is 6.53. The summed E-state index contributed by atoms with van der Waals surface area (Å²) in [5, 5.41) is 8.88. The van der Waals surface area contributed by atoms with Crippen molar-refractivity contribution in [2.24, 2.45) is 5.92 Å². The Morgan fingerprint density at radius 3 is 2.49 bits per heavy atom. The lowest BCUT2D eigenvalue weighted by molar-refractivity contribution is -0.172. The van der Waals surface area contributed by atoms with Crippen LogP contribution in [0.1, 0.15) is 56.9 Å². The zero-order valence-corrected chi connectivity index (χ0v) is 24.3. The molecule has 0 radical (unpaired) electrons. The van der Waals surface area contributed by atoms with Gasteiger partial charge in [-0.3, -0.25) is 4.79 Å². The van der Waals surface area contributed by atoms with E-state index < -0.39 is 6.29 Å². The summed E-state index contributed by atoms with van der Waals surface area (Å²) < 4.78 is 34.8. The van der Waals surface area contributed by atoms with Crippen molar-refractivity contribution in [3.8, 4) is 11.5 Å². The summed E-state index contributed by atoms with van der Waals surface area (Å²) in [5.74, 6) is 1.52. The van der Waals surface area contributed by atoms with Gasteiger partial charge in [0, 0.05) is 44.2 Å². The van der Waals surface area contributed by atoms with Gasteiger partial charge in [-0.05, 0) is 75.9 Å². The molecule has 0 bridgehead atoms. The normalized spacial score (nSPS) is 25.2. The van der Waals surface area contributed by atoms with E-state index in [1.54, 1.807) is 0 Å². The standard InChI is InChI=1S/C31H46N2O8/c1-2-38-31-25(10-16-36-18-19-37-17-15-34)26(23-6-7-27-28(20-23)40-22-39-27)21-29(41-31)30(35)33-13-8-24(9-14-33)32-11-4-3-5-12-32/h6-7,20-21,24-26,31,34H,2-5,8-19,22H2,1H3/t25-,26-,31-/m0/s1. The number of carbonyl (C=O) groups excluding carboxylic acids is 1. The number of carbonyl (C=O) groups is 1. The molecule has 0 saturated carbocycles. The van der Waals surface area contributed by atoms with Crippen LogP contribution in [-0.2, 0) is 23.7 Å². The number of fused-ring (bicyclic) bond motifs is 1. The molecule has 2 fully saturated rings. The Balaban J connectivity index is 1.30. The third-order valence-electron chi connectivity index (χ3n) is 8.57. The molecular weight excluding hydrogens is 528 g/mol. The molecule has 3 atom stereocenters. The second-order valence-electron chi connectivity index (χ2n) is 11.1. The molecule has 1 aromatic carbocycles. The van der Waals surface area contributed by atoms with Crippen LogP contribution in [0.2, 0.25) is 0 Å². The van der Waals surface area contributed by atoms with Crippen LogP contribution in [0.4, 0.5) is 0 Å². The fraction of sp³-hybridized carbons (Fsp3) is 0.710. The summed E-state index contributed by atoms with van der Waals surface area (Å²) >= 11 is 0. The van der Waals surface area contributed by atoms with E-state index in [1.807, 2.05) is 36.1 Å². The molecule has 0 unspecified atom stereocenters. The quantitative estimate of drug-likeness (QED) is 0.356. The summed E-state index contributed by atoms with van der Waals surface area (Å²) in [7, 11) is 0. The number of rotatable bonds is 13. The third kappa shape index (κ3) is 7.73. The number of nitrogens with zero attached hydrogens (tertiary/aromatic N) is 2. The Morgan fingerprint density at radius 2 is 1.73 bits per heavy atom. The van der Waals surface area contributed by atoms with Gasteiger partial charge in [0.15, 0.2) is 17.3 Å². The molecule has 1 amide bonds. The number of hydrogen-bond donors (Lipinski definition) is 1. The van der Waals surface area contributed by atoms with Gasteiger partial charge in [0.05, 0.1) is 26.4 Å². The van der Waals surface area contributed by atoms with Crippen molar-refractivity contribution >= 4 is 5.91 Å². The van der Waals surface area contributed by atoms with E-state index in [0.29, 0.717) is 57.0 Å². The predicted octanol–water partition coefficient (Wildman–Crippen LogP) is 3.28. The van der Waals surface area contributed by atoms with Gasteiger partial charge < -0.3 is 43.3 Å². The lowest BCUT2D eigenvalue weighted by Gasteiger charge is -2.41. The molecule has 10 heteroatoms. The monoisotopic (exact) mass is 574 g/mol. The number of amides is 1. The molecule has 1 N–H and O–H groups in total. The summed E-state index contributed by atoms with van der Waals surface area (Å²) in [6.07, 6.45) is 7.96. The molecule has 5 rings (SSSR count). The molecule has 4 heterocycles. The predicted molar refractivity (Wildman–Crippen MR) is 152 cm³/mol. The molecule has 4 aliphatic rings. The van der Waals surface area contributed by atoms with Gasteiger partial charge >= 0.3 is 0 Å². The van der Waals surface area contributed by atoms with Crippen molar-refractivity contribution in [2.75, 3.05) is 72.6 Å². The number of aliphatic hydroxyl groups excluding tert-OH is 1. The van der Waals surface area contributed by atoms with Gasteiger partial charge in [0.25, 0.3) is 5.91 Å². The lowest BCUT2D eigenvalue weighted by atomic mass is 9.81. The van der Waals surface area contributed by atoms with E-state index in [9.17, 15) is 4.79 Å². The molecule has 2 saturated heterocycles. The number of allylic oxidation sites excluding steroid dienone is 1. The number of likely N-dealkylation sites (tertiary alicyclic amines) is 2. The van der Waals surface area contributed by atoms with Crippen molar-refractivity contribution in [2.45, 2.75) is 63.7 Å². The van der Waals surface area contributed by atoms with Gasteiger partial charge in [-0.25, -0.2) is 0 Å². The maximum absolute atomic E-state index is 13.8. The van der Waals surface area contributed by atoms with Crippen LogP contribution >= 0.6 is 0 Å². The van der Waals surface area contributed by atoms with Gasteiger partial charge in [-0.15, -0.1) is 0 Å². The first-order valence-electron chi connectivity index (χ1n) is 15.4. The van der Waals surface area contributed by atoms with Gasteiger partial charge in [0.2, 0.25) is 13.1 Å². The number of ether oxygens (including phenoxy) is 6. The molecule has 0 spiro atoms. The fourth-order valence-corrected chi connectivity index (χ4v) is 6.41. The third-order valence-corrected chi connectivity index (χ3v) is 8.57. The van der Waals surface area contributed by atoms with Crippen molar-refractivity contribution in [1.82, 2.24) is 9.80 Å². The molecule has 0 aliphatic carbocycles. The first-order valence-corrected chi connectivity index (χ1v) is 15.4. The number of benzene rings is 1. The average molecular weight is 575 g/mol. The molecule has 41 heavy (non-hydrogen) atoms. The van der Waals surface area contributed by atoms with Crippen molar-refractivity contribution < 1.29 is 38.3 Å². The van der Waals surface area contributed by atoms with E-state index in [1.165, 1.54) is 32.4 Å². The Labute approximate surface area is 243 Å². The molecule has 4 aliphatic heterocycles. The van der Waals surface area contributed by atoms with Crippen LogP contribution in [-0.4, -0.2) is 106 Å². The fourth-order valence-electron chi connectivity index (χ4n) is 6.41. The number of piperidine rings is 2. The maximum Gasteiger partial charge on any atom is 0.288 e. The SMILES string of the molecule is CCO[C@H]1OC(C(=O)N2CCC(N3CCCCC3)CC2)=C[C@@H](c2ccc3c(c2)OCO3)[C@@H]1CCOCCOCCO. The minimum absolute atomic E-state index is 0.00347. The molecule has 1 aromatic rings. The Bertz CT molecular complexity index is 1010. The second kappa shape index (κ2) is 15.2. The number of hydrogen-bond acceptors (Lipinski definition) is 9. The van der Waals surface area contributed by atoms with Gasteiger partial charge in [0.1, 0.15) is 0 Å². The zero-order valence-electron chi connectivity index (χ0n) is 24.3. The molecule has 0 aromatic heterocycles. The van der Waals surface area contributed by atoms with Crippen LogP contribution in [0, 0.1) is 5.92 Å². The van der Waals surface area contributed by atoms with Crippen LogP contribution in [0.3, 0.4) is 0 Å². The van der Waals surface area contributed by atoms with E-state index >= 15 is 0 Å². The topological polar surface area (TPSA) is 99.2 Å². The molecule has 10 nitrogen and oxygen atoms in total. The van der Waals surface area contributed by atoms with E-state index in [-0.39, 0.29) is 31.1 Å². The lowest BCUT2D eigenvalue weighted by Crippen LogP contribution is -2.49. The van der Waals surface area contributed by atoms with Crippen molar-refractivity contribution in [1.29, 1.82) is 0 Å². The van der Waals surface area contributed by atoms with E-state index in [4.69, 9.17) is 33.5 Å². The second-order valence-corrected chi connectivity index (χ2v) is 11.1. The first kappa shape index (κ1) is 30.1. The summed E-state index contributed by atoms with van der Waals surface area (Å²) in [6.45, 7) is 8.11. The highest BCUT2D eigenvalue weighted by Gasteiger charge is 2.40. The summed E-state index contributed by atoms with van der Waals surface area (Å²) in [5.41, 5.74) is 1.02. The highest BCUT2D eigenvalue weighted by atomic mass is 16.7. The molecular formula is C31H46N2O8. The Hall–Kier alpha value is -2.37. The molecule has 228 valence electrons. The van der Waals surface area contributed by atoms with Crippen LogP contribution in [0.25, 0.3) is 0 Å². The van der Waals surface area contributed by atoms with Crippen LogP contribution in [0.5, 0.6) is 11.5 Å². The smallest absolute Gasteiger partial charge is 0.288 e. The van der Waals surface area contributed by atoms with Gasteiger partial charge in [-0.2, -0.15) is 0 Å². The largest absolute Gasteiger partial charge is 0.459 e. The maximum atomic E-state index is 13.8. The van der Waals surface area contributed by atoms with E-state index in [2.05, 4.69) is 4.90 Å². The van der Waals surface area contributed by atoms with Gasteiger partial charge in [-0.1, -0.05) is 12.5 Å². The average Bonchev–Trinajstić information content (AvgIpc) is 3.49. The van der Waals surface area contributed by atoms with Crippen molar-refractivity contribution in [3.05, 3.63) is 35.6 Å². The van der Waals surface area contributed by atoms with Crippen molar-refractivity contribution in [3.63, 3.8) is 0 Å². The Morgan fingerprint density at radius 1 is 0.976 bits per heavy atom. The highest BCUT2D eigenvalue weighted by Crippen LogP contribution is 2.43. The zero-order chi connectivity index (χ0) is 28.4. The van der Waals surface area contributed by atoms with Crippen LogP contribution < -0.4 is 9.47 Å². The van der Waals surface area contributed by atoms with Crippen LogP contribution in [0.15, 0.2) is 30.0 Å². The first-order chi connectivity index (χ1) is 20.2. The minimum Gasteiger partial charge on any atom is -0.459 e. The highest BCUT2D eigenvalue weighted by molar-refractivity contribution is 5.92. The Kier molecular flexibility index (Phi) is 11.2. The summed E-state index contributed by atoms with van der Waals surface area (Å²) in [4.78, 5) is 18.4. The van der Waals surface area contributed by atoms with E-state index in [0.717, 1.165) is 37.2 Å². The number of aliphatic hydroxyl groups is 1.